The second kappa shape index (κ2) is 7.95. The van der Waals surface area contributed by atoms with E-state index in [0.29, 0.717) is 42.4 Å². The second-order valence-electron chi connectivity index (χ2n) is 9.13. The van der Waals surface area contributed by atoms with Crippen LogP contribution >= 0.6 is 0 Å². The minimum absolute atomic E-state index is 0.101. The number of carbonyl (C=O) groups is 1. The minimum Gasteiger partial charge on any atom is -0.456 e. The monoisotopic (exact) mass is 448 g/mol. The molecule has 2 aromatic rings. The van der Waals surface area contributed by atoms with Gasteiger partial charge in [-0.15, -0.1) is 5.01 Å². The maximum atomic E-state index is 15.1. The van der Waals surface area contributed by atoms with Crippen LogP contribution in [0.1, 0.15) is 50.0 Å². The topological polar surface area (TPSA) is 111 Å². The number of benzene rings is 1. The average molecular weight is 448 g/mol. The molecule has 2 aliphatic rings. The molecule has 1 saturated heterocycles. The van der Waals surface area contributed by atoms with Crippen LogP contribution in [0.5, 0.6) is 0 Å². The number of pyridine rings is 1. The van der Waals surface area contributed by atoms with E-state index < -0.39 is 22.8 Å². The molecule has 2 fully saturated rings. The molecule has 172 valence electrons. The Morgan fingerprint density at radius 2 is 1.88 bits per heavy atom. The van der Waals surface area contributed by atoms with Crippen molar-refractivity contribution in [3.63, 3.8) is 0 Å². The molecule has 0 unspecified atom stereocenters. The van der Waals surface area contributed by atoms with Crippen LogP contribution in [-0.2, 0) is 4.74 Å². The highest BCUT2D eigenvalue weighted by Crippen LogP contribution is 2.38. The average Bonchev–Trinajstić information content (AvgIpc) is 3.57. The largest absolute Gasteiger partial charge is 0.456 e. The standard InChI is InChI=1S/C21H26FN5O5/c1-21(2,3)32-20(29)15-12-26(13-4-5-13)17-11-18(16(22)10-14(17)19(15)28)24-6-8-25(9-7-24)27(31)23-30/h10-13,31H,4-9H2,1-3H3/p+1. The molecule has 11 heteroatoms. The molecule has 0 spiro atoms. The normalized spacial score (nSPS) is 17.7. The lowest BCUT2D eigenvalue weighted by Crippen LogP contribution is -2.49. The van der Waals surface area contributed by atoms with E-state index in [1.165, 1.54) is 17.3 Å². The molecule has 2 N–H and O–H groups in total. The Morgan fingerprint density at radius 3 is 2.44 bits per heavy atom. The molecule has 1 aromatic heterocycles. The zero-order chi connectivity index (χ0) is 23.2. The van der Waals surface area contributed by atoms with Crippen LogP contribution in [0, 0.1) is 5.82 Å². The van der Waals surface area contributed by atoms with Gasteiger partial charge in [-0.1, -0.05) is 0 Å². The second-order valence-corrected chi connectivity index (χ2v) is 9.13. The summed E-state index contributed by atoms with van der Waals surface area (Å²) in [5.74, 6) is -1.29. The summed E-state index contributed by atoms with van der Waals surface area (Å²) in [6.45, 7) is 6.54. The quantitative estimate of drug-likeness (QED) is 0.320. The molecule has 2 heterocycles. The van der Waals surface area contributed by atoms with Crippen LogP contribution in [0.3, 0.4) is 0 Å². The highest BCUT2D eigenvalue weighted by atomic mass is 19.1. The molecule has 1 aromatic carbocycles. The number of hydrogen-bond donors (Lipinski definition) is 2. The first kappa shape index (κ1) is 21.8. The maximum Gasteiger partial charge on any atom is 0.344 e. The van der Waals surface area contributed by atoms with Gasteiger partial charge < -0.3 is 19.4 Å². The summed E-state index contributed by atoms with van der Waals surface area (Å²) in [7, 11) is 0. The number of hydrazine groups is 1. The number of esters is 1. The van der Waals surface area contributed by atoms with Crippen LogP contribution < -0.4 is 10.3 Å². The zero-order valence-corrected chi connectivity index (χ0v) is 18.3. The lowest BCUT2D eigenvalue weighted by atomic mass is 10.1. The van der Waals surface area contributed by atoms with Crippen molar-refractivity contribution in [1.29, 1.82) is 0 Å². The van der Waals surface area contributed by atoms with Crippen LogP contribution in [0.25, 0.3) is 10.9 Å². The van der Waals surface area contributed by atoms with E-state index in [2.05, 4.69) is 5.28 Å². The van der Waals surface area contributed by atoms with Gasteiger partial charge in [0.2, 0.25) is 5.43 Å². The number of rotatable bonds is 4. The molecular formula is C21H27FN5O5+. The third kappa shape index (κ3) is 4.19. The number of aromatic nitrogens is 1. The number of hydrogen-bond acceptors (Lipinski definition) is 5. The van der Waals surface area contributed by atoms with Crippen molar-refractivity contribution in [3.05, 3.63) is 39.9 Å². The van der Waals surface area contributed by atoms with Crippen molar-refractivity contribution in [1.82, 2.24) is 9.58 Å². The molecule has 1 aliphatic carbocycles. The van der Waals surface area contributed by atoms with Crippen LogP contribution in [0.15, 0.2) is 28.4 Å². The van der Waals surface area contributed by atoms with Crippen molar-refractivity contribution in [2.24, 2.45) is 5.28 Å². The predicted octanol–water partition coefficient (Wildman–Crippen LogP) is 2.71. The van der Waals surface area contributed by atoms with E-state index in [4.69, 9.17) is 9.94 Å². The van der Waals surface area contributed by atoms with Gasteiger partial charge in [-0.2, -0.15) is 0 Å². The zero-order valence-electron chi connectivity index (χ0n) is 18.3. The Hall–Kier alpha value is -3.37. The number of nitrogens with zero attached hydrogens (tertiary/aromatic N) is 5. The van der Waals surface area contributed by atoms with Gasteiger partial charge in [0.15, 0.2) is 0 Å². The minimum atomic E-state index is -0.756. The van der Waals surface area contributed by atoms with Crippen molar-refractivity contribution in [2.45, 2.75) is 45.3 Å². The molecule has 1 saturated carbocycles. The van der Waals surface area contributed by atoms with Gasteiger partial charge in [0.1, 0.15) is 17.0 Å². The van der Waals surface area contributed by atoms with E-state index in [1.807, 2.05) is 4.57 Å². The molecule has 10 nitrogen and oxygen atoms in total. The third-order valence-electron chi connectivity index (χ3n) is 5.59. The predicted molar refractivity (Wildman–Crippen MR) is 112 cm³/mol. The molecule has 0 amide bonds. The first-order valence-electron chi connectivity index (χ1n) is 10.5. The number of piperazine rings is 1. The third-order valence-corrected chi connectivity index (χ3v) is 5.59. The number of anilines is 1. The van der Waals surface area contributed by atoms with E-state index in [9.17, 15) is 14.8 Å². The first-order valence-corrected chi connectivity index (χ1v) is 10.5. The fourth-order valence-electron chi connectivity index (χ4n) is 3.91. The lowest BCUT2D eigenvalue weighted by molar-refractivity contribution is -0.941. The van der Waals surface area contributed by atoms with Gasteiger partial charge in [0, 0.05) is 30.7 Å². The Balaban J connectivity index is 1.74. The Labute approximate surface area is 183 Å². The summed E-state index contributed by atoms with van der Waals surface area (Å²) in [6.07, 6.45) is 3.35. The molecule has 1 aliphatic heterocycles. The fourth-order valence-corrected chi connectivity index (χ4v) is 3.91. The summed E-state index contributed by atoms with van der Waals surface area (Å²) in [4.78, 5) is 27.9. The van der Waals surface area contributed by atoms with Gasteiger partial charge in [-0.05, 0) is 45.7 Å². The van der Waals surface area contributed by atoms with E-state index in [1.54, 1.807) is 31.7 Å². The highest BCUT2D eigenvalue weighted by Gasteiger charge is 2.31. The molecule has 4 rings (SSSR count). The van der Waals surface area contributed by atoms with E-state index >= 15 is 4.39 Å². The summed E-state index contributed by atoms with van der Waals surface area (Å²) < 4.78 is 22.4. The van der Waals surface area contributed by atoms with Crippen LogP contribution in [0.4, 0.5) is 10.1 Å². The van der Waals surface area contributed by atoms with Crippen molar-refractivity contribution in [3.8, 4) is 0 Å². The number of carbonyl (C=O) groups excluding carboxylic acids is 1. The van der Waals surface area contributed by atoms with Gasteiger partial charge >= 0.3 is 5.97 Å². The van der Waals surface area contributed by atoms with Gasteiger partial charge in [-0.25, -0.2) is 14.4 Å². The van der Waals surface area contributed by atoms with E-state index in [0.717, 1.165) is 12.8 Å². The van der Waals surface area contributed by atoms with Crippen molar-refractivity contribution < 1.29 is 29.3 Å². The summed E-state index contributed by atoms with van der Waals surface area (Å²) in [5.41, 5.74) is -0.509. The lowest BCUT2D eigenvalue weighted by Gasteiger charge is -2.31. The Kier molecular flexibility index (Phi) is 5.43. The molecule has 32 heavy (non-hydrogen) atoms. The Morgan fingerprint density at radius 1 is 1.22 bits per heavy atom. The molecule has 0 radical (unpaired) electrons. The number of fused-ring (bicyclic) bond motifs is 1. The summed E-state index contributed by atoms with van der Waals surface area (Å²) >= 11 is 0. The SMILES string of the molecule is CC(C)(C)OC(=O)c1cn(C2CC2)c2cc(N3CCN(/[N+](O)=N/O)CC3)c(F)cc2c1=O. The first-order chi connectivity index (χ1) is 15.1. The maximum absolute atomic E-state index is 15.1. The Bertz CT molecular complexity index is 1140. The van der Waals surface area contributed by atoms with Crippen LogP contribution in [-0.4, -0.2) is 62.7 Å². The van der Waals surface area contributed by atoms with Gasteiger partial charge in [0.25, 0.3) is 10.2 Å². The smallest absolute Gasteiger partial charge is 0.344 e. The summed E-state index contributed by atoms with van der Waals surface area (Å²) in [6, 6.07) is 2.98. The summed E-state index contributed by atoms with van der Waals surface area (Å²) in [5, 5.41) is 22.4. The van der Waals surface area contributed by atoms with Gasteiger partial charge in [0.05, 0.1) is 24.3 Å². The number of ether oxygens (including phenoxy) is 1. The van der Waals surface area contributed by atoms with Gasteiger partial charge in [-0.3, -0.25) is 4.79 Å². The van der Waals surface area contributed by atoms with Crippen molar-refractivity contribution in [2.75, 3.05) is 31.1 Å². The highest BCUT2D eigenvalue weighted by molar-refractivity contribution is 5.95. The fraction of sp³-hybridized carbons (Fsp3) is 0.524. The van der Waals surface area contributed by atoms with Crippen LogP contribution in [0.2, 0.25) is 0 Å². The van der Waals surface area contributed by atoms with Crippen molar-refractivity contribution >= 4 is 22.6 Å². The molecular weight excluding hydrogens is 421 g/mol. The van der Waals surface area contributed by atoms with E-state index in [-0.39, 0.29) is 17.0 Å². The molecule has 0 atom stereocenters. The molecule has 0 bridgehead atoms. The number of halogens is 1.